The fourth-order valence-electron chi connectivity index (χ4n) is 2.71. The van der Waals surface area contributed by atoms with Gasteiger partial charge in [0.2, 0.25) is 0 Å². The largest absolute Gasteiger partial charge is 0.496 e. The van der Waals surface area contributed by atoms with Crippen LogP contribution < -0.4 is 10.1 Å². The molecular formula is C17H25N3O. The molecule has 21 heavy (non-hydrogen) atoms. The number of nitrogens with zero attached hydrogens (tertiary/aromatic N) is 2. The molecule has 0 aliphatic rings. The number of para-hydroxylation sites is 1. The number of benzene rings is 1. The number of hydrogen-bond acceptors (Lipinski definition) is 3. The first kappa shape index (κ1) is 15.6. The number of methoxy groups -OCH3 is 1. The van der Waals surface area contributed by atoms with Gasteiger partial charge in [0.25, 0.3) is 0 Å². The third-order valence-corrected chi connectivity index (χ3v) is 4.11. The van der Waals surface area contributed by atoms with Gasteiger partial charge >= 0.3 is 0 Å². The zero-order valence-corrected chi connectivity index (χ0v) is 13.6. The highest BCUT2D eigenvalue weighted by Crippen LogP contribution is 2.29. The van der Waals surface area contributed by atoms with E-state index in [0.717, 1.165) is 12.2 Å². The molecule has 1 aromatic carbocycles. The summed E-state index contributed by atoms with van der Waals surface area (Å²) in [6, 6.07) is 8.71. The standard InChI is InChI=1S/C17H25N3O/c1-6-16(14-9-7-8-10-17(14)21-5)19-12(2)15-11-18-20(4)13(15)3/h7-12,16,19H,6H2,1-5H3. The van der Waals surface area contributed by atoms with Crippen molar-refractivity contribution in [1.82, 2.24) is 15.1 Å². The van der Waals surface area contributed by atoms with Crippen LogP contribution in [0.3, 0.4) is 0 Å². The van der Waals surface area contributed by atoms with Crippen LogP contribution in [0.2, 0.25) is 0 Å². The molecule has 1 N–H and O–H groups in total. The van der Waals surface area contributed by atoms with Gasteiger partial charge in [0.1, 0.15) is 5.75 Å². The van der Waals surface area contributed by atoms with Crippen molar-refractivity contribution in [3.8, 4) is 5.75 Å². The van der Waals surface area contributed by atoms with E-state index in [1.54, 1.807) is 7.11 Å². The quantitative estimate of drug-likeness (QED) is 0.883. The summed E-state index contributed by atoms with van der Waals surface area (Å²) in [6.45, 7) is 6.47. The highest BCUT2D eigenvalue weighted by atomic mass is 16.5. The summed E-state index contributed by atoms with van der Waals surface area (Å²) < 4.78 is 7.40. The van der Waals surface area contributed by atoms with Crippen LogP contribution in [0.5, 0.6) is 5.75 Å². The SMILES string of the molecule is CCC(NC(C)c1cnn(C)c1C)c1ccccc1OC. The van der Waals surface area contributed by atoms with E-state index in [2.05, 4.69) is 43.3 Å². The van der Waals surface area contributed by atoms with Crippen LogP contribution in [0.15, 0.2) is 30.5 Å². The summed E-state index contributed by atoms with van der Waals surface area (Å²) in [5, 5.41) is 8.02. The van der Waals surface area contributed by atoms with E-state index in [0.29, 0.717) is 0 Å². The maximum absolute atomic E-state index is 5.49. The van der Waals surface area contributed by atoms with Crippen molar-refractivity contribution in [2.24, 2.45) is 7.05 Å². The van der Waals surface area contributed by atoms with Gasteiger partial charge < -0.3 is 10.1 Å². The van der Waals surface area contributed by atoms with Crippen LogP contribution in [-0.4, -0.2) is 16.9 Å². The summed E-state index contributed by atoms with van der Waals surface area (Å²) in [5.74, 6) is 0.937. The lowest BCUT2D eigenvalue weighted by Crippen LogP contribution is -2.25. The molecule has 0 aliphatic carbocycles. The van der Waals surface area contributed by atoms with Gasteiger partial charge in [-0.25, -0.2) is 0 Å². The second-order valence-electron chi connectivity index (χ2n) is 5.40. The maximum atomic E-state index is 5.49. The second-order valence-corrected chi connectivity index (χ2v) is 5.40. The monoisotopic (exact) mass is 287 g/mol. The van der Waals surface area contributed by atoms with E-state index in [-0.39, 0.29) is 12.1 Å². The number of aryl methyl sites for hydroxylation is 1. The van der Waals surface area contributed by atoms with Gasteiger partial charge in [0, 0.05) is 36.0 Å². The van der Waals surface area contributed by atoms with Gasteiger partial charge in [-0.1, -0.05) is 25.1 Å². The molecule has 2 atom stereocenters. The minimum atomic E-state index is 0.244. The Morgan fingerprint density at radius 3 is 2.57 bits per heavy atom. The van der Waals surface area contributed by atoms with Crippen molar-refractivity contribution in [2.75, 3.05) is 7.11 Å². The molecule has 0 fully saturated rings. The summed E-state index contributed by atoms with van der Waals surface area (Å²) in [6.07, 6.45) is 2.95. The van der Waals surface area contributed by atoms with Crippen LogP contribution in [0, 0.1) is 6.92 Å². The van der Waals surface area contributed by atoms with Gasteiger partial charge in [-0.2, -0.15) is 5.10 Å². The van der Waals surface area contributed by atoms with Crippen molar-refractivity contribution in [3.05, 3.63) is 47.3 Å². The highest BCUT2D eigenvalue weighted by Gasteiger charge is 2.19. The van der Waals surface area contributed by atoms with Crippen molar-refractivity contribution in [2.45, 2.75) is 39.3 Å². The minimum absolute atomic E-state index is 0.244. The Morgan fingerprint density at radius 1 is 1.29 bits per heavy atom. The van der Waals surface area contributed by atoms with E-state index in [4.69, 9.17) is 4.74 Å². The molecule has 2 unspecified atom stereocenters. The molecule has 2 rings (SSSR count). The summed E-state index contributed by atoms with van der Waals surface area (Å²) in [4.78, 5) is 0. The Bertz CT molecular complexity index is 591. The molecule has 4 nitrogen and oxygen atoms in total. The zero-order valence-electron chi connectivity index (χ0n) is 13.6. The number of ether oxygens (including phenoxy) is 1. The molecule has 114 valence electrons. The highest BCUT2D eigenvalue weighted by molar-refractivity contribution is 5.36. The predicted octanol–water partition coefficient (Wildman–Crippen LogP) is 3.54. The number of hydrogen-bond donors (Lipinski definition) is 1. The first-order valence-corrected chi connectivity index (χ1v) is 7.45. The number of aromatic nitrogens is 2. The second kappa shape index (κ2) is 6.76. The minimum Gasteiger partial charge on any atom is -0.496 e. The Balaban J connectivity index is 2.21. The first-order chi connectivity index (χ1) is 10.1. The smallest absolute Gasteiger partial charge is 0.123 e. The van der Waals surface area contributed by atoms with Crippen LogP contribution in [0.25, 0.3) is 0 Å². The van der Waals surface area contributed by atoms with Gasteiger partial charge in [0.15, 0.2) is 0 Å². The zero-order chi connectivity index (χ0) is 15.4. The fraction of sp³-hybridized carbons (Fsp3) is 0.471. The Morgan fingerprint density at radius 2 is 2.00 bits per heavy atom. The molecule has 1 heterocycles. The lowest BCUT2D eigenvalue weighted by atomic mass is 10.0. The summed E-state index contributed by atoms with van der Waals surface area (Å²) in [7, 11) is 3.70. The van der Waals surface area contributed by atoms with Gasteiger partial charge in [-0.3, -0.25) is 4.68 Å². The van der Waals surface area contributed by atoms with Gasteiger partial charge in [-0.15, -0.1) is 0 Å². The molecule has 0 saturated heterocycles. The van der Waals surface area contributed by atoms with Crippen LogP contribution in [0.1, 0.15) is 49.2 Å². The van der Waals surface area contributed by atoms with Gasteiger partial charge in [0.05, 0.1) is 13.3 Å². The van der Waals surface area contributed by atoms with Crippen molar-refractivity contribution >= 4 is 0 Å². The topological polar surface area (TPSA) is 39.1 Å². The first-order valence-electron chi connectivity index (χ1n) is 7.45. The van der Waals surface area contributed by atoms with Crippen LogP contribution in [-0.2, 0) is 7.05 Å². The fourth-order valence-corrected chi connectivity index (χ4v) is 2.71. The van der Waals surface area contributed by atoms with E-state index in [1.807, 2.05) is 30.1 Å². The third kappa shape index (κ3) is 3.27. The summed E-state index contributed by atoms with van der Waals surface area (Å²) in [5.41, 5.74) is 3.65. The average Bonchev–Trinajstić information content (AvgIpc) is 2.84. The van der Waals surface area contributed by atoms with Crippen molar-refractivity contribution in [3.63, 3.8) is 0 Å². The van der Waals surface area contributed by atoms with E-state index >= 15 is 0 Å². The molecule has 0 aliphatic heterocycles. The predicted molar refractivity (Wildman–Crippen MR) is 85.5 cm³/mol. The molecule has 0 spiro atoms. The average molecular weight is 287 g/mol. The van der Waals surface area contributed by atoms with E-state index < -0.39 is 0 Å². The molecule has 0 saturated carbocycles. The van der Waals surface area contributed by atoms with Crippen LogP contribution >= 0.6 is 0 Å². The van der Waals surface area contributed by atoms with E-state index in [1.165, 1.54) is 16.8 Å². The molecule has 0 radical (unpaired) electrons. The van der Waals surface area contributed by atoms with Crippen molar-refractivity contribution in [1.29, 1.82) is 0 Å². The molecule has 0 bridgehead atoms. The lowest BCUT2D eigenvalue weighted by molar-refractivity contribution is 0.388. The lowest BCUT2D eigenvalue weighted by Gasteiger charge is -2.24. The molecule has 0 amide bonds. The molecule has 4 heteroatoms. The Hall–Kier alpha value is -1.81. The Labute approximate surface area is 127 Å². The van der Waals surface area contributed by atoms with E-state index in [9.17, 15) is 0 Å². The molecule has 1 aromatic heterocycles. The summed E-state index contributed by atoms with van der Waals surface area (Å²) >= 11 is 0. The molecular weight excluding hydrogens is 262 g/mol. The maximum Gasteiger partial charge on any atom is 0.123 e. The van der Waals surface area contributed by atoms with Crippen molar-refractivity contribution < 1.29 is 4.74 Å². The molecule has 2 aromatic rings. The Kier molecular flexibility index (Phi) is 5.02. The number of rotatable bonds is 6. The number of nitrogens with one attached hydrogen (secondary N) is 1. The van der Waals surface area contributed by atoms with Gasteiger partial charge in [-0.05, 0) is 26.3 Å². The third-order valence-electron chi connectivity index (χ3n) is 4.11. The van der Waals surface area contributed by atoms with Crippen LogP contribution in [0.4, 0.5) is 0 Å². The normalized spacial score (nSPS) is 14.0.